The third-order valence-electron chi connectivity index (χ3n) is 5.48. The molecule has 0 spiro atoms. The topological polar surface area (TPSA) is 125 Å². The normalized spacial score (nSPS) is 23.0. The number of amides is 4. The van der Waals surface area contributed by atoms with Crippen LogP contribution in [0.15, 0.2) is 59.4 Å². The number of benzene rings is 1. The van der Waals surface area contributed by atoms with E-state index in [0.717, 1.165) is 5.57 Å². The van der Waals surface area contributed by atoms with Crippen LogP contribution in [0.1, 0.15) is 22.3 Å². The molecule has 4 rings (SSSR count). The molecule has 154 valence electrons. The van der Waals surface area contributed by atoms with E-state index in [4.69, 9.17) is 9.84 Å². The van der Waals surface area contributed by atoms with Crippen LogP contribution >= 0.6 is 0 Å². The Labute approximate surface area is 171 Å². The van der Waals surface area contributed by atoms with E-state index in [1.165, 1.54) is 29.2 Å². The Morgan fingerprint density at radius 2 is 1.93 bits per heavy atom. The SMILES string of the molecule is COC1=CCC2=C(C=C1)CN(CC1(c3ccc(C(=O)O)cc3)NC(=O)NC1=O)C2=O. The number of imide groups is 1. The second-order valence-electron chi connectivity index (χ2n) is 7.21. The van der Waals surface area contributed by atoms with Gasteiger partial charge in [0.15, 0.2) is 5.54 Å². The van der Waals surface area contributed by atoms with Gasteiger partial charge < -0.3 is 20.1 Å². The number of ether oxygens (including phenoxy) is 1. The number of nitrogens with one attached hydrogen (secondary N) is 2. The lowest BCUT2D eigenvalue weighted by molar-refractivity contribution is -0.129. The van der Waals surface area contributed by atoms with E-state index >= 15 is 0 Å². The van der Waals surface area contributed by atoms with Crippen molar-refractivity contribution in [3.63, 3.8) is 0 Å². The molecule has 30 heavy (non-hydrogen) atoms. The zero-order valence-corrected chi connectivity index (χ0v) is 16.1. The Morgan fingerprint density at radius 1 is 1.20 bits per heavy atom. The zero-order valence-electron chi connectivity index (χ0n) is 16.1. The smallest absolute Gasteiger partial charge is 0.335 e. The van der Waals surface area contributed by atoms with E-state index < -0.39 is 23.4 Å². The average Bonchev–Trinajstić information content (AvgIpc) is 3.08. The summed E-state index contributed by atoms with van der Waals surface area (Å²) in [5.41, 5.74) is 0.368. The molecule has 9 heteroatoms. The van der Waals surface area contributed by atoms with Gasteiger partial charge in [-0.05, 0) is 41.8 Å². The lowest BCUT2D eigenvalue weighted by Crippen LogP contribution is -2.53. The summed E-state index contributed by atoms with van der Waals surface area (Å²) in [5, 5.41) is 14.0. The van der Waals surface area contributed by atoms with E-state index in [0.29, 0.717) is 23.3 Å². The third kappa shape index (κ3) is 3.14. The molecule has 0 saturated carbocycles. The molecular weight excluding hydrogens is 390 g/mol. The van der Waals surface area contributed by atoms with Gasteiger partial charge in [0.1, 0.15) is 5.76 Å². The summed E-state index contributed by atoms with van der Waals surface area (Å²) in [5.74, 6) is -1.25. The fraction of sp³-hybridized carbons (Fsp3) is 0.238. The third-order valence-corrected chi connectivity index (χ3v) is 5.48. The van der Waals surface area contributed by atoms with Crippen LogP contribution in [0.3, 0.4) is 0 Å². The monoisotopic (exact) mass is 409 g/mol. The molecule has 0 radical (unpaired) electrons. The van der Waals surface area contributed by atoms with Crippen molar-refractivity contribution in [2.24, 2.45) is 0 Å². The summed E-state index contributed by atoms with van der Waals surface area (Å²) in [4.78, 5) is 50.4. The molecule has 1 atom stereocenters. The molecule has 4 amide bonds. The van der Waals surface area contributed by atoms with Crippen LogP contribution in [0.25, 0.3) is 0 Å². The first kappa shape index (κ1) is 19.4. The largest absolute Gasteiger partial charge is 0.497 e. The van der Waals surface area contributed by atoms with Crippen LogP contribution < -0.4 is 10.6 Å². The summed E-state index contributed by atoms with van der Waals surface area (Å²) in [6.07, 6.45) is 5.81. The van der Waals surface area contributed by atoms with Gasteiger partial charge in [0, 0.05) is 12.1 Å². The first-order valence-corrected chi connectivity index (χ1v) is 9.25. The van der Waals surface area contributed by atoms with Gasteiger partial charge in [0.05, 0.1) is 19.2 Å². The molecule has 1 aliphatic carbocycles. The van der Waals surface area contributed by atoms with Gasteiger partial charge in [0.2, 0.25) is 0 Å². The number of methoxy groups -OCH3 is 1. The molecule has 1 aromatic rings. The van der Waals surface area contributed by atoms with Gasteiger partial charge in [-0.2, -0.15) is 0 Å². The van der Waals surface area contributed by atoms with E-state index in [2.05, 4.69) is 10.6 Å². The van der Waals surface area contributed by atoms with Crippen molar-refractivity contribution >= 4 is 23.8 Å². The maximum atomic E-state index is 13.0. The van der Waals surface area contributed by atoms with Crippen molar-refractivity contribution in [3.05, 3.63) is 70.5 Å². The number of carboxylic acids is 1. The van der Waals surface area contributed by atoms with Crippen molar-refractivity contribution in [2.45, 2.75) is 12.0 Å². The Kier molecular flexibility index (Phi) is 4.65. The number of hydrogen-bond donors (Lipinski definition) is 3. The summed E-state index contributed by atoms with van der Waals surface area (Å²) >= 11 is 0. The highest BCUT2D eigenvalue weighted by molar-refractivity contribution is 6.08. The molecular formula is C21H19N3O6. The highest BCUT2D eigenvalue weighted by atomic mass is 16.5. The number of carbonyl (C=O) groups is 4. The number of carboxylic acid groups (broad SMARTS) is 1. The maximum absolute atomic E-state index is 13.0. The number of rotatable bonds is 5. The van der Waals surface area contributed by atoms with Gasteiger partial charge in [-0.25, -0.2) is 9.59 Å². The fourth-order valence-electron chi connectivity index (χ4n) is 3.89. The maximum Gasteiger partial charge on any atom is 0.335 e. The Bertz CT molecular complexity index is 1050. The number of allylic oxidation sites excluding steroid dienone is 2. The number of aromatic carboxylic acids is 1. The van der Waals surface area contributed by atoms with Gasteiger partial charge in [0.25, 0.3) is 11.8 Å². The van der Waals surface area contributed by atoms with E-state index in [1.54, 1.807) is 13.2 Å². The summed E-state index contributed by atoms with van der Waals surface area (Å²) < 4.78 is 5.21. The van der Waals surface area contributed by atoms with E-state index in [-0.39, 0.29) is 24.6 Å². The predicted molar refractivity (Wildman–Crippen MR) is 104 cm³/mol. The Hall–Kier alpha value is -3.88. The zero-order chi connectivity index (χ0) is 21.5. The van der Waals surface area contributed by atoms with Crippen LogP contribution in [0.4, 0.5) is 4.79 Å². The van der Waals surface area contributed by atoms with Crippen molar-refractivity contribution in [1.29, 1.82) is 0 Å². The second kappa shape index (κ2) is 7.18. The standard InChI is InChI=1S/C21H19N3O6/c1-30-15-7-4-13-10-24(17(25)16(13)9-8-15)11-21(19(28)22-20(29)23-21)14-5-2-12(3-6-14)18(26)27/h2-8H,9-11H2,1H3,(H,26,27)(H2,22,23,28,29). The van der Waals surface area contributed by atoms with Crippen LogP contribution in [0, 0.1) is 0 Å². The number of urea groups is 1. The molecule has 1 unspecified atom stereocenters. The minimum Gasteiger partial charge on any atom is -0.497 e. The quantitative estimate of drug-likeness (QED) is 0.625. The average molecular weight is 409 g/mol. The number of carbonyl (C=O) groups excluding carboxylic acids is 3. The van der Waals surface area contributed by atoms with Gasteiger partial charge in [-0.1, -0.05) is 18.2 Å². The van der Waals surface area contributed by atoms with Crippen molar-refractivity contribution < 1.29 is 29.0 Å². The molecule has 2 heterocycles. The van der Waals surface area contributed by atoms with Crippen LogP contribution in [-0.2, 0) is 19.9 Å². The number of hydrogen-bond acceptors (Lipinski definition) is 5. The molecule has 1 saturated heterocycles. The lowest BCUT2D eigenvalue weighted by atomic mass is 9.88. The first-order valence-electron chi connectivity index (χ1n) is 9.25. The first-order chi connectivity index (χ1) is 14.3. The van der Waals surface area contributed by atoms with Crippen LogP contribution in [0.2, 0.25) is 0 Å². The van der Waals surface area contributed by atoms with Gasteiger partial charge >= 0.3 is 12.0 Å². The van der Waals surface area contributed by atoms with Crippen LogP contribution in [-0.4, -0.2) is 54.0 Å². The number of nitrogens with zero attached hydrogens (tertiary/aromatic N) is 1. The van der Waals surface area contributed by atoms with E-state index in [1.807, 2.05) is 12.2 Å². The molecule has 0 bridgehead atoms. The van der Waals surface area contributed by atoms with Crippen molar-refractivity contribution in [3.8, 4) is 0 Å². The minimum absolute atomic E-state index is 0.0510. The molecule has 1 aromatic carbocycles. The Morgan fingerprint density at radius 3 is 2.53 bits per heavy atom. The van der Waals surface area contributed by atoms with Crippen LogP contribution in [0.5, 0.6) is 0 Å². The van der Waals surface area contributed by atoms with Gasteiger partial charge in [-0.15, -0.1) is 0 Å². The second-order valence-corrected chi connectivity index (χ2v) is 7.21. The van der Waals surface area contributed by atoms with Crippen molar-refractivity contribution in [1.82, 2.24) is 15.5 Å². The highest BCUT2D eigenvalue weighted by Crippen LogP contribution is 2.32. The van der Waals surface area contributed by atoms with Crippen molar-refractivity contribution in [2.75, 3.05) is 20.2 Å². The molecule has 0 aromatic heterocycles. The lowest BCUT2D eigenvalue weighted by Gasteiger charge is -2.31. The highest BCUT2D eigenvalue weighted by Gasteiger charge is 2.50. The molecule has 3 N–H and O–H groups in total. The molecule has 9 nitrogen and oxygen atoms in total. The summed E-state index contributed by atoms with van der Waals surface area (Å²) in [7, 11) is 1.56. The minimum atomic E-state index is -1.51. The summed E-state index contributed by atoms with van der Waals surface area (Å²) in [6, 6.07) is 4.99. The molecule has 2 aliphatic heterocycles. The fourth-order valence-corrected chi connectivity index (χ4v) is 3.89. The Balaban J connectivity index is 1.63. The molecule has 3 aliphatic rings. The van der Waals surface area contributed by atoms with Gasteiger partial charge in [-0.3, -0.25) is 14.9 Å². The van der Waals surface area contributed by atoms with E-state index in [9.17, 15) is 19.2 Å². The molecule has 1 fully saturated rings. The summed E-state index contributed by atoms with van der Waals surface area (Å²) in [6.45, 7) is 0.200. The predicted octanol–water partition coefficient (Wildman–Crippen LogP) is 1.05.